The van der Waals surface area contributed by atoms with Crippen LogP contribution in [-0.4, -0.2) is 0 Å². The minimum Gasteiger partial charge on any atom is -0.0877 e. The molecule has 0 saturated heterocycles. The van der Waals surface area contributed by atoms with E-state index in [1.807, 2.05) is 0 Å². The molecule has 0 bridgehead atoms. The van der Waals surface area contributed by atoms with E-state index in [4.69, 9.17) is 0 Å². The van der Waals surface area contributed by atoms with Crippen LogP contribution in [0.1, 0.15) is 48.0 Å². The van der Waals surface area contributed by atoms with Gasteiger partial charge in [0, 0.05) is 0 Å². The molecule has 82 valence electrons. The predicted molar refractivity (Wildman–Crippen MR) is 66.4 cm³/mol. The first-order valence-corrected chi connectivity index (χ1v) is 5.78. The van der Waals surface area contributed by atoms with E-state index in [0.29, 0.717) is 0 Å². The summed E-state index contributed by atoms with van der Waals surface area (Å²) in [5.74, 6) is 2.28. The lowest BCUT2D eigenvalue weighted by Crippen LogP contribution is -2.12. The third-order valence-electron chi connectivity index (χ3n) is 2.67. The van der Waals surface area contributed by atoms with Crippen molar-refractivity contribution < 1.29 is 0 Å². The van der Waals surface area contributed by atoms with Gasteiger partial charge in [0.05, 0.1) is 0 Å². The van der Waals surface area contributed by atoms with Crippen LogP contribution in [0.5, 0.6) is 0 Å². The Morgan fingerprint density at radius 1 is 1.14 bits per heavy atom. The normalized spacial score (nSPS) is 15.9. The fourth-order valence-corrected chi connectivity index (χ4v) is 1.86. The smallest absolute Gasteiger partial charge is 0.0177 e. The van der Waals surface area contributed by atoms with Crippen molar-refractivity contribution in [1.82, 2.24) is 0 Å². The highest BCUT2D eigenvalue weighted by Gasteiger charge is 2.15. The van der Waals surface area contributed by atoms with Gasteiger partial charge in [0.25, 0.3) is 0 Å². The lowest BCUT2D eigenvalue weighted by Gasteiger charge is -2.23. The molecule has 0 aliphatic rings. The summed E-state index contributed by atoms with van der Waals surface area (Å²) in [7, 11) is 0. The molecule has 0 saturated carbocycles. The highest BCUT2D eigenvalue weighted by Crippen LogP contribution is 2.27. The van der Waals surface area contributed by atoms with Crippen molar-refractivity contribution in [3.8, 4) is 0 Å². The van der Waals surface area contributed by atoms with Crippen molar-refractivity contribution in [2.75, 3.05) is 0 Å². The zero-order valence-electron chi connectivity index (χ0n) is 10.7. The summed E-state index contributed by atoms with van der Waals surface area (Å²) in [5, 5.41) is 0. The Kier molecular flexibility index (Phi) is 6.61. The van der Waals surface area contributed by atoms with Crippen LogP contribution in [0.3, 0.4) is 0 Å². The monoisotopic (exact) mass is 194 g/mol. The van der Waals surface area contributed by atoms with E-state index in [-0.39, 0.29) is 0 Å². The van der Waals surface area contributed by atoms with Crippen molar-refractivity contribution in [3.05, 3.63) is 23.8 Å². The second kappa shape index (κ2) is 6.86. The van der Waals surface area contributed by atoms with E-state index in [9.17, 15) is 0 Å². The average Bonchev–Trinajstić information content (AvgIpc) is 2.09. The second-order valence-corrected chi connectivity index (χ2v) is 4.92. The molecule has 0 aromatic heterocycles. The Bertz CT molecular complexity index is 194. The van der Waals surface area contributed by atoms with Gasteiger partial charge in [-0.25, -0.2) is 0 Å². The van der Waals surface area contributed by atoms with Crippen molar-refractivity contribution in [2.24, 2.45) is 17.8 Å². The molecule has 0 amide bonds. The summed E-state index contributed by atoms with van der Waals surface area (Å²) in [6.45, 7) is 13.6. The van der Waals surface area contributed by atoms with Gasteiger partial charge < -0.3 is 0 Å². The summed E-state index contributed by atoms with van der Waals surface area (Å²) in [5.41, 5.74) is 1.52. The zero-order chi connectivity index (χ0) is 11.1. The Balaban J connectivity index is 4.48. The van der Waals surface area contributed by atoms with E-state index < -0.39 is 0 Å². The molecule has 0 aliphatic carbocycles. The summed E-state index contributed by atoms with van der Waals surface area (Å²) in [6, 6.07) is 0. The summed E-state index contributed by atoms with van der Waals surface area (Å²) >= 11 is 0. The highest BCUT2D eigenvalue weighted by atomic mass is 14.2. The average molecular weight is 194 g/mol. The van der Waals surface area contributed by atoms with Gasteiger partial charge in [-0.1, -0.05) is 51.5 Å². The quantitative estimate of drug-likeness (QED) is 0.550. The summed E-state index contributed by atoms with van der Waals surface area (Å²) in [4.78, 5) is 0. The van der Waals surface area contributed by atoms with Crippen LogP contribution in [0.25, 0.3) is 0 Å². The first-order chi connectivity index (χ1) is 6.49. The van der Waals surface area contributed by atoms with E-state index >= 15 is 0 Å². The van der Waals surface area contributed by atoms with Gasteiger partial charge in [0.2, 0.25) is 0 Å². The highest BCUT2D eigenvalue weighted by molar-refractivity contribution is 5.13. The maximum absolute atomic E-state index is 2.32. The van der Waals surface area contributed by atoms with Gasteiger partial charge in [-0.05, 0) is 38.0 Å². The predicted octanol–water partition coefficient (Wildman–Crippen LogP) is 4.83. The minimum absolute atomic E-state index is 0.742. The first kappa shape index (κ1) is 13.5. The third-order valence-corrected chi connectivity index (χ3v) is 2.67. The molecule has 1 atom stereocenters. The minimum atomic E-state index is 0.742. The number of hydrogen-bond acceptors (Lipinski definition) is 0. The van der Waals surface area contributed by atoms with Crippen LogP contribution in [-0.2, 0) is 0 Å². The topological polar surface area (TPSA) is 0 Å². The van der Waals surface area contributed by atoms with Crippen LogP contribution >= 0.6 is 0 Å². The lowest BCUT2D eigenvalue weighted by atomic mass is 9.82. The Hall–Kier alpha value is -0.520. The molecule has 0 rings (SSSR count). The SMILES string of the molecule is C/C=C\C=C(/C)C(CC(C)C)C(C)C. The molecule has 0 aromatic rings. The molecule has 0 aliphatic heterocycles. The Morgan fingerprint density at radius 2 is 1.71 bits per heavy atom. The molecule has 0 N–H and O–H groups in total. The van der Waals surface area contributed by atoms with E-state index in [0.717, 1.165) is 17.8 Å². The largest absolute Gasteiger partial charge is 0.0877 e. The number of allylic oxidation sites excluding steroid dienone is 4. The van der Waals surface area contributed by atoms with Crippen molar-refractivity contribution >= 4 is 0 Å². The summed E-state index contributed by atoms with van der Waals surface area (Å²) < 4.78 is 0. The molecule has 1 unspecified atom stereocenters. The molecule has 14 heavy (non-hydrogen) atoms. The molecule has 0 nitrogen and oxygen atoms in total. The van der Waals surface area contributed by atoms with Gasteiger partial charge in [0.15, 0.2) is 0 Å². The van der Waals surface area contributed by atoms with Crippen LogP contribution < -0.4 is 0 Å². The molecule has 0 heteroatoms. The van der Waals surface area contributed by atoms with Gasteiger partial charge in [0.1, 0.15) is 0 Å². The first-order valence-electron chi connectivity index (χ1n) is 5.78. The van der Waals surface area contributed by atoms with Crippen molar-refractivity contribution in [2.45, 2.75) is 48.0 Å². The maximum Gasteiger partial charge on any atom is -0.0177 e. The van der Waals surface area contributed by atoms with Crippen LogP contribution in [0.15, 0.2) is 23.8 Å². The maximum atomic E-state index is 2.32. The number of rotatable bonds is 5. The standard InChI is InChI=1S/C14H26/c1-7-8-9-13(6)14(12(4)5)10-11(2)3/h7-9,11-12,14H,10H2,1-6H3/b8-7-,13-9+. The number of hydrogen-bond donors (Lipinski definition) is 0. The lowest BCUT2D eigenvalue weighted by molar-refractivity contribution is 0.363. The Labute approximate surface area is 90.1 Å². The molecular formula is C14H26. The second-order valence-electron chi connectivity index (χ2n) is 4.92. The molecule has 0 heterocycles. The Morgan fingerprint density at radius 3 is 2.07 bits per heavy atom. The van der Waals surface area contributed by atoms with Gasteiger partial charge in [-0.15, -0.1) is 0 Å². The van der Waals surface area contributed by atoms with Crippen LogP contribution in [0.2, 0.25) is 0 Å². The zero-order valence-corrected chi connectivity index (χ0v) is 10.7. The van der Waals surface area contributed by atoms with Crippen molar-refractivity contribution in [1.29, 1.82) is 0 Å². The molecule has 0 fully saturated rings. The third kappa shape index (κ3) is 5.26. The summed E-state index contributed by atoms with van der Waals surface area (Å²) in [6.07, 6.45) is 7.80. The van der Waals surface area contributed by atoms with Gasteiger partial charge >= 0.3 is 0 Å². The van der Waals surface area contributed by atoms with Crippen LogP contribution in [0.4, 0.5) is 0 Å². The fraction of sp³-hybridized carbons (Fsp3) is 0.714. The van der Waals surface area contributed by atoms with Crippen molar-refractivity contribution in [3.63, 3.8) is 0 Å². The van der Waals surface area contributed by atoms with E-state index in [1.54, 1.807) is 0 Å². The van der Waals surface area contributed by atoms with Crippen LogP contribution in [0, 0.1) is 17.8 Å². The molecule has 0 aromatic carbocycles. The molecule has 0 spiro atoms. The molecule has 0 radical (unpaired) electrons. The molecular weight excluding hydrogens is 168 g/mol. The van der Waals surface area contributed by atoms with Gasteiger partial charge in [-0.3, -0.25) is 0 Å². The van der Waals surface area contributed by atoms with E-state index in [1.165, 1.54) is 12.0 Å². The fourth-order valence-electron chi connectivity index (χ4n) is 1.86. The van der Waals surface area contributed by atoms with E-state index in [2.05, 4.69) is 59.8 Å². The van der Waals surface area contributed by atoms with Gasteiger partial charge in [-0.2, -0.15) is 0 Å².